The van der Waals surface area contributed by atoms with Crippen molar-refractivity contribution in [1.29, 1.82) is 0 Å². The average molecular weight is 1120 g/mol. The highest BCUT2D eigenvalue weighted by molar-refractivity contribution is 6.28. The molecule has 23 nitrogen and oxygen atoms in total. The molecular formula is C51H72F4N4O19. The van der Waals surface area contributed by atoms with Gasteiger partial charge in [0.1, 0.15) is 0 Å². The van der Waals surface area contributed by atoms with Crippen LogP contribution in [0.15, 0.2) is 36.4 Å². The van der Waals surface area contributed by atoms with E-state index in [1.807, 2.05) is 0 Å². The van der Waals surface area contributed by atoms with E-state index in [0.717, 1.165) is 36.1 Å². The second-order valence-electron chi connectivity index (χ2n) is 16.1. The topological polar surface area (TPSA) is 262 Å². The van der Waals surface area contributed by atoms with E-state index in [0.29, 0.717) is 132 Å². The predicted molar refractivity (Wildman–Crippen MR) is 267 cm³/mol. The zero-order valence-electron chi connectivity index (χ0n) is 43.9. The fourth-order valence-electron chi connectivity index (χ4n) is 6.32. The molecule has 0 saturated carbocycles. The van der Waals surface area contributed by atoms with E-state index >= 15 is 0 Å². The number of nitrogens with zero attached hydrogens (tertiary/aromatic N) is 1. The first kappa shape index (κ1) is 66.7. The van der Waals surface area contributed by atoms with Gasteiger partial charge in [-0.2, -0.15) is 8.78 Å². The SMILES string of the molecule is CCCOCCOCCOCCOCCOCCOCCOCCOCCOCCOCCOCCOCCNC(=O)CNC(=O)CNC(=O)c1cc(N2C(=O)C=CC2=O)ccc1CCC(=O)Oc1c(F)c(F)cc(F)c1F. The van der Waals surface area contributed by atoms with Crippen molar-refractivity contribution in [2.24, 2.45) is 0 Å². The highest BCUT2D eigenvalue weighted by Gasteiger charge is 2.28. The number of esters is 1. The van der Waals surface area contributed by atoms with Crippen molar-refractivity contribution in [3.05, 3.63) is 70.8 Å². The van der Waals surface area contributed by atoms with Crippen LogP contribution in [0.1, 0.15) is 35.7 Å². The van der Waals surface area contributed by atoms with Gasteiger partial charge in [-0.15, -0.1) is 0 Å². The molecule has 1 aliphatic rings. The molecule has 2 aromatic carbocycles. The van der Waals surface area contributed by atoms with Crippen molar-refractivity contribution < 1.29 is 108 Å². The van der Waals surface area contributed by atoms with Crippen LogP contribution in [0.4, 0.5) is 23.2 Å². The van der Waals surface area contributed by atoms with E-state index in [1.165, 1.54) is 12.1 Å². The summed E-state index contributed by atoms with van der Waals surface area (Å²) in [6.07, 6.45) is 1.99. The van der Waals surface area contributed by atoms with Crippen LogP contribution < -0.4 is 25.6 Å². The standard InChI is InChI=1S/C51H72F4N4O19/c1-2-10-66-12-14-68-16-18-70-20-22-72-24-26-74-28-30-76-32-33-77-31-29-75-27-25-73-23-21-71-19-17-69-15-13-67-11-9-56-43(60)36-57-44(61)37-58-51(65)40-34-39(59-45(62)6-7-46(59)63)5-3-38(40)4-8-47(64)78-50-48(54)41(52)35-42(53)49(50)55/h3,5-7,34-35H,2,4,8-33,36-37H2,1H3,(H,56,60)(H,57,61)(H,58,65). The fourth-order valence-corrected chi connectivity index (χ4v) is 6.32. The van der Waals surface area contributed by atoms with Gasteiger partial charge in [-0.25, -0.2) is 13.7 Å². The van der Waals surface area contributed by atoms with Crippen molar-refractivity contribution in [2.75, 3.05) is 183 Å². The molecule has 2 aromatic rings. The molecule has 0 radical (unpaired) electrons. The summed E-state index contributed by atoms with van der Waals surface area (Å²) >= 11 is 0. The van der Waals surface area contributed by atoms with Crippen LogP contribution in [0, 0.1) is 23.3 Å². The van der Waals surface area contributed by atoms with Gasteiger partial charge in [0.15, 0.2) is 11.6 Å². The highest BCUT2D eigenvalue weighted by atomic mass is 19.2. The average Bonchev–Trinajstić information content (AvgIpc) is 3.81. The van der Waals surface area contributed by atoms with Gasteiger partial charge in [-0.3, -0.25) is 28.8 Å². The third kappa shape index (κ3) is 29.4. The number of anilines is 1. The summed E-state index contributed by atoms with van der Waals surface area (Å²) in [6, 6.07) is 3.63. The quantitative estimate of drug-likeness (QED) is 0.0213. The van der Waals surface area contributed by atoms with E-state index in [1.54, 1.807) is 0 Å². The number of halogens is 4. The molecule has 0 unspecified atom stereocenters. The highest BCUT2D eigenvalue weighted by Crippen LogP contribution is 2.28. The summed E-state index contributed by atoms with van der Waals surface area (Å²) in [7, 11) is 0. The predicted octanol–water partition coefficient (Wildman–Crippen LogP) is 1.78. The molecule has 0 spiro atoms. The van der Waals surface area contributed by atoms with E-state index in [-0.39, 0.29) is 55.7 Å². The molecule has 1 aliphatic heterocycles. The minimum atomic E-state index is -1.93. The molecule has 0 atom stereocenters. The molecule has 0 aromatic heterocycles. The van der Waals surface area contributed by atoms with Gasteiger partial charge < -0.3 is 77.5 Å². The molecule has 0 saturated heterocycles. The minimum Gasteiger partial charge on any atom is -0.420 e. The molecule has 0 bridgehead atoms. The maximum atomic E-state index is 14.0. The normalized spacial score (nSPS) is 12.2. The number of imide groups is 1. The maximum Gasteiger partial charge on any atom is 0.311 e. The molecule has 438 valence electrons. The lowest BCUT2D eigenvalue weighted by molar-refractivity contribution is -0.135. The molecule has 27 heteroatoms. The van der Waals surface area contributed by atoms with Crippen LogP contribution in [-0.2, 0) is 87.2 Å². The molecule has 5 amide bonds. The first-order chi connectivity index (χ1) is 37.9. The van der Waals surface area contributed by atoms with Gasteiger partial charge in [-0.05, 0) is 30.5 Å². The number of benzene rings is 2. The van der Waals surface area contributed by atoms with E-state index in [2.05, 4.69) is 27.6 Å². The third-order valence-corrected chi connectivity index (χ3v) is 10.2. The van der Waals surface area contributed by atoms with Crippen molar-refractivity contribution in [3.63, 3.8) is 0 Å². The Morgan fingerprint density at radius 3 is 1.26 bits per heavy atom. The van der Waals surface area contributed by atoms with Crippen LogP contribution >= 0.6 is 0 Å². The number of carbonyl (C=O) groups is 6. The summed E-state index contributed by atoms with van der Waals surface area (Å²) < 4.78 is 125. The Morgan fingerprint density at radius 2 is 0.846 bits per heavy atom. The van der Waals surface area contributed by atoms with Crippen LogP contribution in [0.5, 0.6) is 5.75 Å². The van der Waals surface area contributed by atoms with Gasteiger partial charge in [0.2, 0.25) is 29.2 Å². The number of rotatable bonds is 48. The molecule has 3 rings (SSSR count). The van der Waals surface area contributed by atoms with E-state index in [4.69, 9.17) is 56.8 Å². The van der Waals surface area contributed by atoms with Crippen molar-refractivity contribution in [3.8, 4) is 5.75 Å². The zero-order chi connectivity index (χ0) is 56.4. The number of aryl methyl sites for hydroxylation is 1. The second-order valence-corrected chi connectivity index (χ2v) is 16.1. The number of ether oxygens (including phenoxy) is 13. The molecule has 3 N–H and O–H groups in total. The van der Waals surface area contributed by atoms with Gasteiger partial charge in [0.05, 0.1) is 177 Å². The Bertz CT molecular complexity index is 2080. The van der Waals surface area contributed by atoms with Gasteiger partial charge in [0, 0.05) is 36.9 Å². The Hall–Kier alpha value is -5.56. The van der Waals surface area contributed by atoms with E-state index < -0.39 is 84.0 Å². The van der Waals surface area contributed by atoms with Crippen LogP contribution in [0.3, 0.4) is 0 Å². The Morgan fingerprint density at radius 1 is 0.474 bits per heavy atom. The van der Waals surface area contributed by atoms with Crippen molar-refractivity contribution >= 4 is 41.2 Å². The summed E-state index contributed by atoms with van der Waals surface area (Å²) in [5.74, 6) is -14.0. The lowest BCUT2D eigenvalue weighted by Crippen LogP contribution is -2.42. The lowest BCUT2D eigenvalue weighted by Gasteiger charge is -2.17. The number of carbonyl (C=O) groups excluding carboxylic acids is 6. The lowest BCUT2D eigenvalue weighted by atomic mass is 10.0. The summed E-state index contributed by atoms with van der Waals surface area (Å²) in [6.45, 7) is 11.7. The maximum absolute atomic E-state index is 14.0. The number of nitrogens with one attached hydrogen (secondary N) is 3. The monoisotopic (exact) mass is 1120 g/mol. The smallest absolute Gasteiger partial charge is 0.311 e. The second kappa shape index (κ2) is 42.4. The van der Waals surface area contributed by atoms with Gasteiger partial charge in [-0.1, -0.05) is 13.0 Å². The van der Waals surface area contributed by atoms with Gasteiger partial charge in [0.25, 0.3) is 17.7 Å². The number of amides is 5. The third-order valence-electron chi connectivity index (χ3n) is 10.2. The Labute approximate surface area is 450 Å². The fraction of sp³-hybridized carbons (Fsp3) is 0.608. The first-order valence-electron chi connectivity index (χ1n) is 25.4. The van der Waals surface area contributed by atoms with Crippen LogP contribution in [-0.4, -0.2) is 214 Å². The molecule has 0 aliphatic carbocycles. The van der Waals surface area contributed by atoms with Crippen molar-refractivity contribution in [1.82, 2.24) is 16.0 Å². The molecule has 78 heavy (non-hydrogen) atoms. The number of hydrogen-bond acceptors (Lipinski definition) is 19. The van der Waals surface area contributed by atoms with E-state index in [9.17, 15) is 46.3 Å². The summed E-state index contributed by atoms with van der Waals surface area (Å²) in [5.41, 5.74) is -0.176. The summed E-state index contributed by atoms with van der Waals surface area (Å²) in [4.78, 5) is 75.8. The van der Waals surface area contributed by atoms with Crippen LogP contribution in [0.25, 0.3) is 0 Å². The molecule has 1 heterocycles. The largest absolute Gasteiger partial charge is 0.420 e. The van der Waals surface area contributed by atoms with Gasteiger partial charge >= 0.3 is 5.97 Å². The minimum absolute atomic E-state index is 0.0400. The molecular weight excluding hydrogens is 1050 g/mol. The Balaban J connectivity index is 1.09. The van der Waals surface area contributed by atoms with Crippen molar-refractivity contribution in [2.45, 2.75) is 26.2 Å². The number of hydrogen-bond donors (Lipinski definition) is 3. The Kier molecular flexibility index (Phi) is 36.3. The summed E-state index contributed by atoms with van der Waals surface area (Å²) in [5, 5.41) is 7.22. The molecule has 0 fully saturated rings. The zero-order valence-corrected chi connectivity index (χ0v) is 43.9. The first-order valence-corrected chi connectivity index (χ1v) is 25.4. The van der Waals surface area contributed by atoms with Crippen LogP contribution in [0.2, 0.25) is 0 Å².